The Balaban J connectivity index is 1.40. The number of anilines is 1. The predicted octanol–water partition coefficient (Wildman–Crippen LogP) is 2.72. The molecule has 0 radical (unpaired) electrons. The molecule has 0 fully saturated rings. The van der Waals surface area contributed by atoms with Crippen molar-refractivity contribution in [2.45, 2.75) is 19.0 Å². The van der Waals surface area contributed by atoms with Crippen molar-refractivity contribution in [3.8, 4) is 0 Å². The number of nitrogens with zero attached hydrogens (tertiary/aromatic N) is 1. The van der Waals surface area contributed by atoms with Gasteiger partial charge in [-0.05, 0) is 40.6 Å². The maximum absolute atomic E-state index is 12.7. The Morgan fingerprint density at radius 3 is 2.68 bits per heavy atom. The lowest BCUT2D eigenvalue weighted by Gasteiger charge is -2.31. The van der Waals surface area contributed by atoms with E-state index in [1.54, 1.807) is 11.3 Å². The van der Waals surface area contributed by atoms with Crippen LogP contribution in [-0.4, -0.2) is 33.1 Å². The Morgan fingerprint density at radius 1 is 1.14 bits per heavy atom. The number of nitrogens with one attached hydrogen (secondary N) is 2. The molecule has 0 aliphatic carbocycles. The van der Waals surface area contributed by atoms with Crippen LogP contribution >= 0.6 is 22.7 Å². The van der Waals surface area contributed by atoms with Crippen molar-refractivity contribution in [1.29, 1.82) is 0 Å². The smallest absolute Gasteiger partial charge is 0.275 e. The summed E-state index contributed by atoms with van der Waals surface area (Å²) in [6.07, 6.45) is 1.06. The fraction of sp³-hybridized carbons (Fsp3) is 0.318. The second-order valence-corrected chi connectivity index (χ2v) is 9.40. The largest absolute Gasteiger partial charge is 0.378 e. The molecule has 2 atom stereocenters. The summed E-state index contributed by atoms with van der Waals surface area (Å²) in [6, 6.07) is 15.2. The van der Waals surface area contributed by atoms with E-state index in [2.05, 4.69) is 63.4 Å². The van der Waals surface area contributed by atoms with E-state index in [9.17, 15) is 4.79 Å². The van der Waals surface area contributed by atoms with Gasteiger partial charge in [-0.3, -0.25) is 4.79 Å². The van der Waals surface area contributed by atoms with Gasteiger partial charge in [0.25, 0.3) is 5.91 Å². The number of thiophene rings is 2. The third-order valence-electron chi connectivity index (χ3n) is 5.33. The summed E-state index contributed by atoms with van der Waals surface area (Å²) in [5.74, 6) is 0.118. The number of hydrogen-bond donors (Lipinski definition) is 2. The molecule has 1 aliphatic rings. The molecule has 0 spiro atoms. The van der Waals surface area contributed by atoms with Crippen LogP contribution in [0.2, 0.25) is 0 Å². The molecular formula is C22H26N3OS2+. The van der Waals surface area contributed by atoms with Crippen molar-refractivity contribution < 1.29 is 9.69 Å². The number of benzene rings is 1. The van der Waals surface area contributed by atoms with Crippen molar-refractivity contribution in [3.63, 3.8) is 0 Å². The zero-order chi connectivity index (χ0) is 19.5. The molecule has 4 rings (SSSR count). The summed E-state index contributed by atoms with van der Waals surface area (Å²) in [5, 5.41) is 7.43. The van der Waals surface area contributed by atoms with Gasteiger partial charge in [-0.1, -0.05) is 18.2 Å². The van der Waals surface area contributed by atoms with Crippen LogP contribution in [0.25, 0.3) is 0 Å². The molecule has 6 heteroatoms. The van der Waals surface area contributed by atoms with Gasteiger partial charge in [-0.15, -0.1) is 22.7 Å². The van der Waals surface area contributed by atoms with Gasteiger partial charge in [0.05, 0.1) is 11.4 Å². The molecule has 3 heterocycles. The van der Waals surface area contributed by atoms with Crippen molar-refractivity contribution in [2.24, 2.45) is 0 Å². The van der Waals surface area contributed by atoms with Gasteiger partial charge in [-0.2, -0.15) is 0 Å². The molecule has 1 amide bonds. The molecule has 0 bridgehead atoms. The normalized spacial score (nSPS) is 18.5. The Labute approximate surface area is 174 Å². The van der Waals surface area contributed by atoms with Crippen molar-refractivity contribution in [3.05, 3.63) is 74.1 Å². The van der Waals surface area contributed by atoms with Gasteiger partial charge >= 0.3 is 0 Å². The minimum absolute atomic E-state index is 0.118. The molecule has 2 aromatic heterocycles. The lowest BCUT2D eigenvalue weighted by molar-refractivity contribution is -0.919. The molecule has 0 saturated heterocycles. The lowest BCUT2D eigenvalue weighted by Crippen LogP contribution is -3.14. The number of amides is 1. The van der Waals surface area contributed by atoms with Crippen LogP contribution in [0.15, 0.2) is 53.2 Å². The summed E-state index contributed by atoms with van der Waals surface area (Å²) in [7, 11) is 4.06. The lowest BCUT2D eigenvalue weighted by atomic mass is 9.98. The highest BCUT2D eigenvalue weighted by molar-refractivity contribution is 7.10. The topological polar surface area (TPSA) is 36.8 Å². The first kappa shape index (κ1) is 19.2. The number of carbonyl (C=O) groups is 1. The molecule has 3 aromatic rings. The monoisotopic (exact) mass is 412 g/mol. The van der Waals surface area contributed by atoms with Crippen LogP contribution in [0.5, 0.6) is 0 Å². The van der Waals surface area contributed by atoms with Crippen LogP contribution in [0.3, 0.4) is 0 Å². The highest BCUT2D eigenvalue weighted by atomic mass is 32.1. The summed E-state index contributed by atoms with van der Waals surface area (Å²) in [4.78, 5) is 18.9. The van der Waals surface area contributed by atoms with Gasteiger partial charge in [0.1, 0.15) is 6.04 Å². The standard InChI is InChI=1S/C22H25N3OS2/c1-24(2)17-7-5-16(6-8-17)14-23-21(26)15-25-11-9-19-18(10-13-28-19)22(25)20-4-3-12-27-20/h3-8,10,12-13,22H,9,11,14-15H2,1-2H3,(H,23,26)/p+1/t22-/m0/s1. The Bertz CT molecular complexity index is 916. The van der Waals surface area contributed by atoms with E-state index in [4.69, 9.17) is 0 Å². The van der Waals surface area contributed by atoms with Crippen molar-refractivity contribution in [2.75, 3.05) is 32.1 Å². The Kier molecular flexibility index (Phi) is 5.80. The van der Waals surface area contributed by atoms with E-state index < -0.39 is 0 Å². The van der Waals surface area contributed by atoms with Crippen LogP contribution in [0.1, 0.15) is 26.9 Å². The molecule has 4 nitrogen and oxygen atoms in total. The van der Waals surface area contributed by atoms with Crippen LogP contribution in [0, 0.1) is 0 Å². The van der Waals surface area contributed by atoms with E-state index in [-0.39, 0.29) is 11.9 Å². The summed E-state index contributed by atoms with van der Waals surface area (Å²) in [6.45, 7) is 2.09. The highest BCUT2D eigenvalue weighted by Crippen LogP contribution is 2.31. The molecule has 146 valence electrons. The molecule has 28 heavy (non-hydrogen) atoms. The van der Waals surface area contributed by atoms with Crippen molar-refractivity contribution in [1.82, 2.24) is 5.32 Å². The zero-order valence-electron chi connectivity index (χ0n) is 16.3. The van der Waals surface area contributed by atoms with Crippen LogP contribution in [0.4, 0.5) is 5.69 Å². The minimum atomic E-state index is 0.118. The fourth-order valence-electron chi connectivity index (χ4n) is 3.83. The summed E-state index contributed by atoms with van der Waals surface area (Å²) in [5.41, 5.74) is 3.70. The van der Waals surface area contributed by atoms with Gasteiger partial charge in [0.2, 0.25) is 0 Å². The zero-order valence-corrected chi connectivity index (χ0v) is 17.9. The maximum atomic E-state index is 12.7. The number of hydrogen-bond acceptors (Lipinski definition) is 4. The van der Waals surface area contributed by atoms with E-state index in [1.807, 2.05) is 25.4 Å². The van der Waals surface area contributed by atoms with E-state index in [0.717, 1.165) is 24.2 Å². The first-order valence-corrected chi connectivity index (χ1v) is 11.3. The molecule has 1 aromatic carbocycles. The number of rotatable bonds is 6. The highest BCUT2D eigenvalue weighted by Gasteiger charge is 2.34. The molecule has 1 aliphatic heterocycles. The minimum Gasteiger partial charge on any atom is -0.378 e. The summed E-state index contributed by atoms with van der Waals surface area (Å²) < 4.78 is 0. The first-order chi connectivity index (χ1) is 13.6. The van der Waals surface area contributed by atoms with E-state index in [0.29, 0.717) is 13.1 Å². The second kappa shape index (κ2) is 8.47. The molecule has 2 N–H and O–H groups in total. The predicted molar refractivity (Wildman–Crippen MR) is 117 cm³/mol. The summed E-state index contributed by atoms with van der Waals surface area (Å²) >= 11 is 3.63. The van der Waals surface area contributed by atoms with Gasteiger partial charge in [-0.25, -0.2) is 0 Å². The third kappa shape index (κ3) is 4.14. The van der Waals surface area contributed by atoms with Crippen LogP contribution < -0.4 is 15.1 Å². The fourth-order valence-corrected chi connectivity index (χ4v) is 5.65. The maximum Gasteiger partial charge on any atom is 0.275 e. The molecule has 1 unspecified atom stereocenters. The second-order valence-electron chi connectivity index (χ2n) is 7.42. The Morgan fingerprint density at radius 2 is 1.96 bits per heavy atom. The van der Waals surface area contributed by atoms with Gasteiger partial charge < -0.3 is 15.1 Å². The van der Waals surface area contributed by atoms with E-state index >= 15 is 0 Å². The number of quaternary nitrogens is 1. The molecular weight excluding hydrogens is 386 g/mol. The quantitative estimate of drug-likeness (QED) is 0.653. The van der Waals surface area contributed by atoms with Crippen LogP contribution in [-0.2, 0) is 17.8 Å². The SMILES string of the molecule is CN(C)c1ccc(CNC(=O)C[NH+]2CCc3sccc3[C@H]2c2cccs2)cc1. The Hall–Kier alpha value is -2.15. The van der Waals surface area contributed by atoms with Crippen molar-refractivity contribution >= 4 is 34.3 Å². The van der Waals surface area contributed by atoms with Gasteiger partial charge in [0, 0.05) is 43.2 Å². The average molecular weight is 413 g/mol. The van der Waals surface area contributed by atoms with E-state index in [1.165, 1.54) is 20.2 Å². The first-order valence-electron chi connectivity index (χ1n) is 9.59. The van der Waals surface area contributed by atoms with Gasteiger partial charge in [0.15, 0.2) is 6.54 Å². The third-order valence-corrected chi connectivity index (χ3v) is 7.26. The average Bonchev–Trinajstić information content (AvgIpc) is 3.38. The molecule has 0 saturated carbocycles. The number of carbonyl (C=O) groups excluding carboxylic acids is 1. The number of fused-ring (bicyclic) bond motifs is 1.